The molecule has 42 heavy (non-hydrogen) atoms. The van der Waals surface area contributed by atoms with Crippen LogP contribution in [-0.2, 0) is 42.9 Å². The molecule has 5 saturated heterocycles. The second kappa shape index (κ2) is 9.05. The summed E-state index contributed by atoms with van der Waals surface area (Å²) in [6.45, 7) is 9.31. The molecule has 1 aliphatic carbocycles. The molecule has 1 saturated carbocycles. The van der Waals surface area contributed by atoms with Crippen molar-refractivity contribution in [3.63, 3.8) is 0 Å². The summed E-state index contributed by atoms with van der Waals surface area (Å²) in [5.41, 5.74) is -4.41. The highest BCUT2D eigenvalue weighted by Crippen LogP contribution is 2.70. The van der Waals surface area contributed by atoms with E-state index in [1.165, 1.54) is 35.6 Å². The maximum absolute atomic E-state index is 14.4. The Bertz CT molecular complexity index is 1300. The van der Waals surface area contributed by atoms with Crippen LogP contribution in [0.15, 0.2) is 0 Å². The number of amides is 3. The molecule has 7 atom stereocenters. The second-order valence-corrected chi connectivity index (χ2v) is 14.2. The molecule has 0 aromatic heterocycles. The number of ether oxygens (including phenoxy) is 4. The summed E-state index contributed by atoms with van der Waals surface area (Å²) >= 11 is 1.03. The van der Waals surface area contributed by atoms with Crippen molar-refractivity contribution in [1.82, 2.24) is 20.0 Å². The van der Waals surface area contributed by atoms with E-state index in [0.717, 1.165) is 11.8 Å². The lowest BCUT2D eigenvalue weighted by Crippen LogP contribution is -2.65. The number of thioether (sulfide) groups is 1. The van der Waals surface area contributed by atoms with Gasteiger partial charge in [-0.2, -0.15) is 0 Å². The highest BCUT2D eigenvalue weighted by atomic mass is 32.2. The lowest BCUT2D eigenvalue weighted by atomic mass is 9.76. The van der Waals surface area contributed by atoms with Crippen molar-refractivity contribution in [1.29, 1.82) is 0 Å². The molecule has 15 heteroatoms. The van der Waals surface area contributed by atoms with Crippen molar-refractivity contribution in [2.75, 3.05) is 39.8 Å². The number of piperazine rings is 2. The van der Waals surface area contributed by atoms with Crippen LogP contribution in [0.1, 0.15) is 47.5 Å². The molecule has 1 N–H and O–H groups in total. The number of carbonyl (C=O) groups excluding carboxylic acids is 6. The van der Waals surface area contributed by atoms with E-state index in [0.29, 0.717) is 26.2 Å². The van der Waals surface area contributed by atoms with Crippen LogP contribution in [0, 0.1) is 5.41 Å². The topological polar surface area (TPSA) is 161 Å². The van der Waals surface area contributed by atoms with E-state index in [1.807, 2.05) is 0 Å². The Morgan fingerprint density at radius 3 is 2.31 bits per heavy atom. The highest BCUT2D eigenvalue weighted by molar-refractivity contribution is 8.04. The monoisotopic (exact) mass is 608 g/mol. The fourth-order valence-electron chi connectivity index (χ4n) is 7.77. The largest absolute Gasteiger partial charge is 0.455 e. The SMILES string of the molecule is CC(=O)O[C@H]1[C@]2(OC(C)=O)C[C@]34S[C@](COC(=O)N5CCNCC5)(C(=O)N3[C@@H]2C[C@@]12O[C@H](C)C(C)(C)C2=O)N(C)C4=O. The number of likely N-dealkylation sites (N-methyl/N-ethyl adjacent to an activating group) is 1. The number of fused-ring (bicyclic) bond motifs is 3. The van der Waals surface area contributed by atoms with Gasteiger partial charge in [0.2, 0.25) is 4.87 Å². The summed E-state index contributed by atoms with van der Waals surface area (Å²) in [6, 6.07) is -1.03. The third-order valence-electron chi connectivity index (χ3n) is 9.97. The third kappa shape index (κ3) is 3.46. The molecule has 0 radical (unpaired) electrons. The Morgan fingerprint density at radius 2 is 1.74 bits per heavy atom. The van der Waals surface area contributed by atoms with Crippen molar-refractivity contribution < 1.29 is 47.7 Å². The van der Waals surface area contributed by atoms with Gasteiger partial charge in [-0.25, -0.2) is 4.79 Å². The molecular formula is C27H36N4O10S. The molecule has 230 valence electrons. The van der Waals surface area contributed by atoms with Crippen LogP contribution in [0.25, 0.3) is 0 Å². The zero-order chi connectivity index (χ0) is 30.6. The van der Waals surface area contributed by atoms with Gasteiger partial charge in [0, 0.05) is 59.9 Å². The molecule has 14 nitrogen and oxygen atoms in total. The van der Waals surface area contributed by atoms with Crippen molar-refractivity contribution in [3.05, 3.63) is 0 Å². The summed E-state index contributed by atoms with van der Waals surface area (Å²) < 4.78 is 23.7. The van der Waals surface area contributed by atoms with Crippen molar-refractivity contribution in [2.45, 2.75) is 86.7 Å². The molecule has 5 aliphatic heterocycles. The molecule has 6 rings (SSSR count). The average molecular weight is 609 g/mol. The minimum atomic E-state index is -1.74. The average Bonchev–Trinajstić information content (AvgIpc) is 3.55. The molecule has 5 heterocycles. The smallest absolute Gasteiger partial charge is 0.409 e. The van der Waals surface area contributed by atoms with E-state index in [4.69, 9.17) is 18.9 Å². The van der Waals surface area contributed by atoms with E-state index in [-0.39, 0.29) is 25.2 Å². The van der Waals surface area contributed by atoms with Crippen LogP contribution in [-0.4, -0.2) is 129 Å². The standard InChI is InChI=1S/C27H36N4O10S/c1-14-23(4,5)18(34)24(40-14)11-17-25(41-16(3)33,19(24)39-15(2)32)12-26-20(35)29(6)27(42-26,21(36)31(17)26)13-38-22(37)30-9-7-28-8-10-30/h14,17,19,28H,7-13H2,1-6H3/t14-,17-,19-,24+,25+,26-,27-/m1/s1. The summed E-state index contributed by atoms with van der Waals surface area (Å²) in [7, 11) is 1.48. The Morgan fingerprint density at radius 1 is 1.07 bits per heavy atom. The number of carbonyl (C=O) groups is 6. The van der Waals surface area contributed by atoms with Gasteiger partial charge in [0.1, 0.15) is 6.61 Å². The summed E-state index contributed by atoms with van der Waals surface area (Å²) in [4.78, 5) is 81.5. The maximum atomic E-state index is 14.4. The molecular weight excluding hydrogens is 572 g/mol. The first-order valence-corrected chi connectivity index (χ1v) is 14.9. The predicted molar refractivity (Wildman–Crippen MR) is 144 cm³/mol. The molecule has 2 spiro atoms. The number of hydrogen-bond acceptors (Lipinski definition) is 12. The van der Waals surface area contributed by atoms with Crippen LogP contribution in [0.5, 0.6) is 0 Å². The van der Waals surface area contributed by atoms with Crippen molar-refractivity contribution in [2.24, 2.45) is 5.41 Å². The first-order valence-electron chi connectivity index (χ1n) is 14.1. The minimum absolute atomic E-state index is 0.146. The van der Waals surface area contributed by atoms with Crippen LogP contribution in [0.2, 0.25) is 0 Å². The number of nitrogens with one attached hydrogen (secondary N) is 1. The quantitative estimate of drug-likeness (QED) is 0.326. The summed E-state index contributed by atoms with van der Waals surface area (Å²) in [5, 5.41) is 3.15. The molecule has 2 bridgehead atoms. The van der Waals surface area contributed by atoms with Gasteiger partial charge in [-0.1, -0.05) is 25.6 Å². The molecule has 6 fully saturated rings. The van der Waals surface area contributed by atoms with Crippen LogP contribution < -0.4 is 5.32 Å². The fraction of sp³-hybridized carbons (Fsp3) is 0.778. The van der Waals surface area contributed by atoms with E-state index in [2.05, 4.69) is 5.32 Å². The van der Waals surface area contributed by atoms with Gasteiger partial charge < -0.3 is 39.0 Å². The van der Waals surface area contributed by atoms with Crippen molar-refractivity contribution in [3.8, 4) is 0 Å². The van der Waals surface area contributed by atoms with Gasteiger partial charge in [0.05, 0.1) is 17.6 Å². The van der Waals surface area contributed by atoms with Crippen LogP contribution in [0.3, 0.4) is 0 Å². The second-order valence-electron chi connectivity index (χ2n) is 12.6. The molecule has 6 aliphatic rings. The zero-order valence-electron chi connectivity index (χ0n) is 24.5. The Balaban J connectivity index is 1.40. The van der Waals surface area contributed by atoms with E-state index in [1.54, 1.807) is 20.8 Å². The maximum Gasteiger partial charge on any atom is 0.409 e. The number of nitrogens with zero attached hydrogens (tertiary/aromatic N) is 3. The number of esters is 2. The molecule has 0 aromatic carbocycles. The molecule has 0 aromatic rings. The van der Waals surface area contributed by atoms with E-state index in [9.17, 15) is 28.8 Å². The number of hydrogen-bond donors (Lipinski definition) is 1. The summed E-state index contributed by atoms with van der Waals surface area (Å²) in [5.74, 6) is -2.74. The predicted octanol–water partition coefficient (Wildman–Crippen LogP) is -0.369. The van der Waals surface area contributed by atoms with Crippen LogP contribution in [0.4, 0.5) is 4.79 Å². The van der Waals surface area contributed by atoms with Gasteiger partial charge in [0.15, 0.2) is 28.0 Å². The fourth-order valence-corrected chi connectivity index (χ4v) is 9.68. The van der Waals surface area contributed by atoms with Crippen molar-refractivity contribution >= 4 is 47.4 Å². The molecule has 0 unspecified atom stereocenters. The zero-order valence-corrected chi connectivity index (χ0v) is 25.3. The molecule has 3 amide bonds. The lowest BCUT2D eigenvalue weighted by Gasteiger charge is -2.40. The highest BCUT2D eigenvalue weighted by Gasteiger charge is 2.88. The normalized spacial score (nSPS) is 41.4. The van der Waals surface area contributed by atoms with Gasteiger partial charge in [-0.15, -0.1) is 0 Å². The number of Topliss-reactive ketones (excluding diaryl/α,β-unsaturated/α-hetero) is 1. The van der Waals surface area contributed by atoms with Gasteiger partial charge in [-0.05, 0) is 6.92 Å². The first-order chi connectivity index (χ1) is 19.6. The van der Waals surface area contributed by atoms with Gasteiger partial charge in [-0.3, -0.25) is 24.0 Å². The minimum Gasteiger partial charge on any atom is -0.455 e. The first kappa shape index (κ1) is 29.2. The Hall–Kier alpha value is -2.91. The van der Waals surface area contributed by atoms with E-state index < -0.39 is 74.5 Å². The Labute approximate surface area is 247 Å². The lowest BCUT2D eigenvalue weighted by molar-refractivity contribution is -0.202. The number of rotatable bonds is 4. The van der Waals surface area contributed by atoms with Crippen LogP contribution >= 0.6 is 11.8 Å². The summed E-state index contributed by atoms with van der Waals surface area (Å²) in [6.07, 6.45) is -2.94. The van der Waals surface area contributed by atoms with Gasteiger partial charge in [0.25, 0.3) is 11.8 Å². The van der Waals surface area contributed by atoms with E-state index >= 15 is 0 Å². The van der Waals surface area contributed by atoms with Gasteiger partial charge >= 0.3 is 18.0 Å². The third-order valence-corrected chi connectivity index (χ3v) is 11.7. The number of ketones is 1. The Kier molecular flexibility index (Phi) is 6.29.